The molecule has 0 aromatic carbocycles. The van der Waals surface area contributed by atoms with Crippen LogP contribution in [0.1, 0.15) is 52.9 Å². The Bertz CT molecular complexity index is 444. The molecule has 1 fully saturated rings. The number of halogens is 1. The first-order chi connectivity index (χ1) is 10.1. The van der Waals surface area contributed by atoms with E-state index in [0.29, 0.717) is 12.0 Å². The Kier molecular flexibility index (Phi) is 6.27. The first-order valence-corrected chi connectivity index (χ1v) is 8.94. The number of aromatic nitrogens is 2. The molecule has 0 bridgehead atoms. The Hall–Kier alpha value is -0.840. The highest BCUT2D eigenvalue weighted by atomic mass is 79.9. The minimum Gasteiger partial charge on any atom is -0.354 e. The normalized spacial score (nSPS) is 15.7. The topological polar surface area (TPSA) is 41.1 Å². The van der Waals surface area contributed by atoms with Crippen molar-refractivity contribution >= 4 is 27.7 Å². The molecule has 0 saturated heterocycles. The van der Waals surface area contributed by atoms with E-state index < -0.39 is 0 Å². The monoisotopic (exact) mass is 354 g/mol. The molecule has 0 unspecified atom stereocenters. The van der Waals surface area contributed by atoms with Crippen molar-refractivity contribution in [3.8, 4) is 0 Å². The summed E-state index contributed by atoms with van der Waals surface area (Å²) in [7, 11) is 0. The largest absolute Gasteiger partial charge is 0.354 e. The minimum atomic E-state index is 0.629. The van der Waals surface area contributed by atoms with Gasteiger partial charge >= 0.3 is 0 Å². The third-order valence-corrected chi connectivity index (χ3v) is 4.60. The van der Waals surface area contributed by atoms with Crippen molar-refractivity contribution < 1.29 is 0 Å². The molecule has 0 aliphatic heterocycles. The molecular weight excluding hydrogens is 328 g/mol. The number of nitrogens with zero attached hydrogens (tertiary/aromatic N) is 3. The summed E-state index contributed by atoms with van der Waals surface area (Å²) < 4.78 is 1.000. The van der Waals surface area contributed by atoms with Crippen LogP contribution in [0.5, 0.6) is 0 Å². The zero-order valence-electron chi connectivity index (χ0n) is 13.4. The van der Waals surface area contributed by atoms with Crippen molar-refractivity contribution in [2.24, 2.45) is 5.92 Å². The molecule has 0 atom stereocenters. The van der Waals surface area contributed by atoms with Crippen LogP contribution in [0.15, 0.2) is 10.7 Å². The maximum Gasteiger partial charge on any atom is 0.224 e. The van der Waals surface area contributed by atoms with Gasteiger partial charge in [0.15, 0.2) is 0 Å². The molecule has 1 aromatic rings. The summed E-state index contributed by atoms with van der Waals surface area (Å²) in [5, 5.41) is 3.22. The molecule has 2 rings (SSSR count). The predicted octanol–water partition coefficient (Wildman–Crippen LogP) is 4.47. The Morgan fingerprint density at radius 3 is 2.71 bits per heavy atom. The second-order valence-electron chi connectivity index (χ2n) is 6.21. The van der Waals surface area contributed by atoms with Gasteiger partial charge < -0.3 is 10.2 Å². The average molecular weight is 355 g/mol. The van der Waals surface area contributed by atoms with Gasteiger partial charge in [0.2, 0.25) is 5.95 Å². The van der Waals surface area contributed by atoms with Crippen LogP contribution in [0.25, 0.3) is 0 Å². The van der Waals surface area contributed by atoms with E-state index in [1.165, 1.54) is 32.1 Å². The third kappa shape index (κ3) is 4.56. The van der Waals surface area contributed by atoms with Crippen LogP contribution in [-0.2, 0) is 0 Å². The van der Waals surface area contributed by atoms with Gasteiger partial charge in [0.1, 0.15) is 5.82 Å². The summed E-state index contributed by atoms with van der Waals surface area (Å²) in [5.74, 6) is 2.49. The molecule has 1 aliphatic rings. The van der Waals surface area contributed by atoms with Crippen LogP contribution in [0.3, 0.4) is 0 Å². The van der Waals surface area contributed by atoms with Crippen molar-refractivity contribution in [2.45, 2.75) is 58.9 Å². The van der Waals surface area contributed by atoms with Gasteiger partial charge in [-0.2, -0.15) is 4.98 Å². The predicted molar refractivity (Wildman–Crippen MR) is 93.0 cm³/mol. The van der Waals surface area contributed by atoms with Gasteiger partial charge in [0.25, 0.3) is 0 Å². The molecule has 0 spiro atoms. The third-order valence-electron chi connectivity index (χ3n) is 4.05. The molecule has 5 heteroatoms. The van der Waals surface area contributed by atoms with Gasteiger partial charge in [-0.05, 0) is 48.0 Å². The highest BCUT2D eigenvalue weighted by molar-refractivity contribution is 9.10. The Morgan fingerprint density at radius 2 is 2.10 bits per heavy atom. The maximum atomic E-state index is 4.74. The van der Waals surface area contributed by atoms with E-state index in [1.807, 2.05) is 6.20 Å². The van der Waals surface area contributed by atoms with E-state index in [0.717, 1.165) is 29.3 Å². The Morgan fingerprint density at radius 1 is 1.38 bits per heavy atom. The molecule has 1 aliphatic carbocycles. The summed E-state index contributed by atoms with van der Waals surface area (Å²) in [6, 6.07) is 0.629. The highest BCUT2D eigenvalue weighted by Crippen LogP contribution is 2.32. The molecule has 4 nitrogen and oxygen atoms in total. The molecule has 1 N–H and O–H groups in total. The molecule has 1 aromatic heterocycles. The number of anilines is 2. The number of rotatable bonds is 7. The van der Waals surface area contributed by atoms with Crippen LogP contribution < -0.4 is 10.2 Å². The SMILES string of the molecule is CCNc1ncc(Br)c(N(CCC(C)C)C2CCCC2)n1. The lowest BCUT2D eigenvalue weighted by atomic mass is 10.1. The van der Waals surface area contributed by atoms with Gasteiger partial charge in [0.05, 0.1) is 4.47 Å². The Balaban J connectivity index is 2.23. The van der Waals surface area contributed by atoms with Gasteiger partial charge in [0, 0.05) is 25.3 Å². The molecule has 118 valence electrons. The van der Waals surface area contributed by atoms with Crippen LogP contribution in [0.4, 0.5) is 11.8 Å². The maximum absolute atomic E-state index is 4.74. The van der Waals surface area contributed by atoms with E-state index >= 15 is 0 Å². The quantitative estimate of drug-likeness (QED) is 0.784. The summed E-state index contributed by atoms with van der Waals surface area (Å²) in [5.41, 5.74) is 0. The van der Waals surface area contributed by atoms with Crippen molar-refractivity contribution in [3.05, 3.63) is 10.7 Å². The fourth-order valence-electron chi connectivity index (χ4n) is 2.88. The standard InChI is InChI=1S/C16H27BrN4/c1-4-18-16-19-11-14(17)15(20-16)21(10-9-12(2)3)13-7-5-6-8-13/h11-13H,4-10H2,1-3H3,(H,18,19,20). The highest BCUT2D eigenvalue weighted by Gasteiger charge is 2.25. The number of nitrogens with one attached hydrogen (secondary N) is 1. The lowest BCUT2D eigenvalue weighted by Crippen LogP contribution is -2.36. The van der Waals surface area contributed by atoms with E-state index in [1.54, 1.807) is 0 Å². The van der Waals surface area contributed by atoms with Gasteiger partial charge in [-0.25, -0.2) is 4.98 Å². The molecule has 21 heavy (non-hydrogen) atoms. The zero-order chi connectivity index (χ0) is 15.2. The molecular formula is C16H27BrN4. The van der Waals surface area contributed by atoms with Gasteiger partial charge in [-0.1, -0.05) is 26.7 Å². The number of hydrogen-bond donors (Lipinski definition) is 1. The van der Waals surface area contributed by atoms with Crippen molar-refractivity contribution in [3.63, 3.8) is 0 Å². The second kappa shape index (κ2) is 7.97. The fourth-order valence-corrected chi connectivity index (χ4v) is 3.30. The van der Waals surface area contributed by atoms with Gasteiger partial charge in [-0.3, -0.25) is 0 Å². The lowest BCUT2D eigenvalue weighted by Gasteiger charge is -2.31. The van der Waals surface area contributed by atoms with Crippen molar-refractivity contribution in [1.29, 1.82) is 0 Å². The summed E-state index contributed by atoms with van der Waals surface area (Å²) in [6.45, 7) is 8.55. The molecule has 1 saturated carbocycles. The van der Waals surface area contributed by atoms with E-state index in [-0.39, 0.29) is 0 Å². The molecule has 1 heterocycles. The summed E-state index contributed by atoms with van der Waals surface area (Å²) in [6.07, 6.45) is 8.31. The lowest BCUT2D eigenvalue weighted by molar-refractivity contribution is 0.524. The molecule has 0 radical (unpaired) electrons. The minimum absolute atomic E-state index is 0.629. The number of hydrogen-bond acceptors (Lipinski definition) is 4. The summed E-state index contributed by atoms with van der Waals surface area (Å²) >= 11 is 3.64. The van der Waals surface area contributed by atoms with Gasteiger partial charge in [-0.15, -0.1) is 0 Å². The van der Waals surface area contributed by atoms with Crippen molar-refractivity contribution in [2.75, 3.05) is 23.3 Å². The first-order valence-electron chi connectivity index (χ1n) is 8.14. The van der Waals surface area contributed by atoms with Crippen LogP contribution in [0, 0.1) is 5.92 Å². The van der Waals surface area contributed by atoms with E-state index in [9.17, 15) is 0 Å². The average Bonchev–Trinajstić information content (AvgIpc) is 2.96. The first kappa shape index (κ1) is 16.5. The van der Waals surface area contributed by atoms with E-state index in [4.69, 9.17) is 4.98 Å². The summed E-state index contributed by atoms with van der Waals surface area (Å²) in [4.78, 5) is 11.6. The molecule has 0 amide bonds. The van der Waals surface area contributed by atoms with Crippen LogP contribution >= 0.6 is 15.9 Å². The zero-order valence-corrected chi connectivity index (χ0v) is 15.0. The fraction of sp³-hybridized carbons (Fsp3) is 0.750. The van der Waals surface area contributed by atoms with E-state index in [2.05, 4.69) is 51.9 Å². The Labute approximate surface area is 136 Å². The smallest absolute Gasteiger partial charge is 0.224 e. The van der Waals surface area contributed by atoms with Crippen LogP contribution in [0.2, 0.25) is 0 Å². The van der Waals surface area contributed by atoms with Crippen molar-refractivity contribution in [1.82, 2.24) is 9.97 Å². The van der Waals surface area contributed by atoms with Crippen LogP contribution in [-0.4, -0.2) is 29.1 Å². The second-order valence-corrected chi connectivity index (χ2v) is 7.06.